The molecule has 0 spiro atoms. The Morgan fingerprint density at radius 3 is 2.85 bits per heavy atom. The van der Waals surface area contributed by atoms with Crippen LogP contribution in [0.2, 0.25) is 0 Å². The maximum atomic E-state index is 10.3. The van der Waals surface area contributed by atoms with Gasteiger partial charge in [0.15, 0.2) is 0 Å². The Morgan fingerprint density at radius 2 is 2.31 bits per heavy atom. The maximum absolute atomic E-state index is 10.3. The van der Waals surface area contributed by atoms with E-state index in [2.05, 4.69) is 5.32 Å². The summed E-state index contributed by atoms with van der Waals surface area (Å²) in [5.41, 5.74) is 7.97. The fraction of sp³-hybridized carbons (Fsp3) is 0.222. The summed E-state index contributed by atoms with van der Waals surface area (Å²) >= 11 is 0. The highest BCUT2D eigenvalue weighted by Crippen LogP contribution is 2.16. The van der Waals surface area contributed by atoms with E-state index in [1.165, 1.54) is 0 Å². The quantitative estimate of drug-likeness (QED) is 0.608. The van der Waals surface area contributed by atoms with E-state index < -0.39 is 5.97 Å². The Labute approximate surface area is 76.4 Å². The molecular formula is C9H12N2O2. The molecule has 70 valence electrons. The molecule has 0 heterocycles. The number of nitrogens with one attached hydrogen (secondary N) is 1. The molecular weight excluding hydrogens is 168 g/mol. The first-order chi connectivity index (χ1) is 6.09. The Balaban J connectivity index is 2.72. The van der Waals surface area contributed by atoms with Crippen molar-refractivity contribution in [2.75, 3.05) is 17.6 Å². The normalized spacial score (nSPS) is 9.62. The molecule has 0 fully saturated rings. The van der Waals surface area contributed by atoms with Gasteiger partial charge in [-0.3, -0.25) is 4.79 Å². The molecule has 4 N–H and O–H groups in total. The minimum atomic E-state index is -0.878. The van der Waals surface area contributed by atoms with Crippen molar-refractivity contribution in [3.63, 3.8) is 0 Å². The molecule has 1 rings (SSSR count). The van der Waals surface area contributed by atoms with Crippen LogP contribution in [0, 0.1) is 6.92 Å². The van der Waals surface area contributed by atoms with Crippen molar-refractivity contribution in [3.8, 4) is 0 Å². The molecule has 0 aliphatic rings. The summed E-state index contributed by atoms with van der Waals surface area (Å²) < 4.78 is 0. The molecule has 0 aliphatic carbocycles. The number of anilines is 2. The number of carboxylic acids is 1. The smallest absolute Gasteiger partial charge is 0.322 e. The second kappa shape index (κ2) is 3.80. The SMILES string of the molecule is Cc1cc(N)ccc1NCC(=O)O. The Hall–Kier alpha value is -1.71. The summed E-state index contributed by atoms with van der Waals surface area (Å²) in [4.78, 5) is 10.3. The third-order valence-corrected chi connectivity index (χ3v) is 1.68. The fourth-order valence-electron chi connectivity index (χ4n) is 1.06. The van der Waals surface area contributed by atoms with Crippen LogP contribution in [0.1, 0.15) is 5.56 Å². The van der Waals surface area contributed by atoms with Crippen LogP contribution in [0.5, 0.6) is 0 Å². The molecule has 13 heavy (non-hydrogen) atoms. The third kappa shape index (κ3) is 2.66. The lowest BCUT2D eigenvalue weighted by molar-refractivity contribution is -0.134. The van der Waals surface area contributed by atoms with Crippen LogP contribution < -0.4 is 11.1 Å². The Kier molecular flexibility index (Phi) is 2.74. The number of nitrogens with two attached hydrogens (primary N) is 1. The van der Waals surface area contributed by atoms with Crippen molar-refractivity contribution in [1.29, 1.82) is 0 Å². The zero-order valence-electron chi connectivity index (χ0n) is 7.37. The summed E-state index contributed by atoms with van der Waals surface area (Å²) in [5.74, 6) is -0.878. The zero-order valence-corrected chi connectivity index (χ0v) is 7.37. The summed E-state index contributed by atoms with van der Waals surface area (Å²) in [7, 11) is 0. The summed E-state index contributed by atoms with van der Waals surface area (Å²) in [6, 6.07) is 5.30. The van der Waals surface area contributed by atoms with Crippen molar-refractivity contribution < 1.29 is 9.90 Å². The molecule has 0 unspecified atom stereocenters. The van der Waals surface area contributed by atoms with Crippen molar-refractivity contribution in [1.82, 2.24) is 0 Å². The van der Waals surface area contributed by atoms with Gasteiger partial charge in [-0.05, 0) is 30.7 Å². The van der Waals surface area contributed by atoms with Gasteiger partial charge in [0.1, 0.15) is 6.54 Å². The maximum Gasteiger partial charge on any atom is 0.322 e. The molecule has 1 aromatic rings. The number of aliphatic carboxylic acids is 1. The van der Waals surface area contributed by atoms with E-state index in [0.29, 0.717) is 5.69 Å². The molecule has 0 bridgehead atoms. The van der Waals surface area contributed by atoms with Crippen LogP contribution >= 0.6 is 0 Å². The number of carbonyl (C=O) groups is 1. The van der Waals surface area contributed by atoms with Gasteiger partial charge in [-0.25, -0.2) is 0 Å². The van der Waals surface area contributed by atoms with E-state index in [-0.39, 0.29) is 6.54 Å². The monoisotopic (exact) mass is 180 g/mol. The molecule has 0 aromatic heterocycles. The highest BCUT2D eigenvalue weighted by atomic mass is 16.4. The lowest BCUT2D eigenvalue weighted by atomic mass is 10.2. The fourth-order valence-corrected chi connectivity index (χ4v) is 1.06. The molecule has 0 atom stereocenters. The first-order valence-corrected chi connectivity index (χ1v) is 3.91. The number of hydrogen-bond acceptors (Lipinski definition) is 3. The van der Waals surface area contributed by atoms with Crippen molar-refractivity contribution >= 4 is 17.3 Å². The second-order valence-corrected chi connectivity index (χ2v) is 2.82. The van der Waals surface area contributed by atoms with Gasteiger partial charge in [0, 0.05) is 11.4 Å². The van der Waals surface area contributed by atoms with E-state index in [9.17, 15) is 4.79 Å². The number of aryl methyl sites for hydroxylation is 1. The minimum absolute atomic E-state index is 0.0786. The van der Waals surface area contributed by atoms with E-state index in [1.807, 2.05) is 6.92 Å². The molecule has 0 saturated heterocycles. The van der Waals surface area contributed by atoms with Gasteiger partial charge < -0.3 is 16.2 Å². The first-order valence-electron chi connectivity index (χ1n) is 3.91. The molecule has 0 aliphatic heterocycles. The van der Waals surface area contributed by atoms with Crippen LogP contribution in [0.4, 0.5) is 11.4 Å². The topological polar surface area (TPSA) is 75.3 Å². The average Bonchev–Trinajstić information content (AvgIpc) is 2.02. The van der Waals surface area contributed by atoms with E-state index in [0.717, 1.165) is 11.3 Å². The lowest BCUT2D eigenvalue weighted by Gasteiger charge is -2.07. The van der Waals surface area contributed by atoms with E-state index >= 15 is 0 Å². The highest BCUT2D eigenvalue weighted by molar-refractivity contribution is 5.73. The van der Waals surface area contributed by atoms with Gasteiger partial charge in [-0.15, -0.1) is 0 Å². The predicted molar refractivity (Wildman–Crippen MR) is 51.7 cm³/mol. The summed E-state index contributed by atoms with van der Waals surface area (Å²) in [6.07, 6.45) is 0. The number of rotatable bonds is 3. The average molecular weight is 180 g/mol. The van der Waals surface area contributed by atoms with Gasteiger partial charge >= 0.3 is 5.97 Å². The zero-order chi connectivity index (χ0) is 9.84. The standard InChI is InChI=1S/C9H12N2O2/c1-6-4-7(10)2-3-8(6)11-5-9(12)13/h2-4,11H,5,10H2,1H3,(H,12,13). The van der Waals surface area contributed by atoms with Crippen molar-refractivity contribution in [3.05, 3.63) is 23.8 Å². The largest absolute Gasteiger partial charge is 0.480 e. The molecule has 4 heteroatoms. The number of benzene rings is 1. The van der Waals surface area contributed by atoms with Gasteiger partial charge in [0.05, 0.1) is 0 Å². The van der Waals surface area contributed by atoms with Crippen LogP contribution in [-0.2, 0) is 4.79 Å². The van der Waals surface area contributed by atoms with Gasteiger partial charge in [-0.1, -0.05) is 0 Å². The number of nitrogen functional groups attached to an aromatic ring is 1. The predicted octanol–water partition coefficient (Wildman–Crippen LogP) is 1.07. The summed E-state index contributed by atoms with van der Waals surface area (Å²) in [5, 5.41) is 11.2. The van der Waals surface area contributed by atoms with Gasteiger partial charge in [0.25, 0.3) is 0 Å². The number of carboxylic acid groups (broad SMARTS) is 1. The van der Waals surface area contributed by atoms with E-state index in [4.69, 9.17) is 10.8 Å². The highest BCUT2D eigenvalue weighted by Gasteiger charge is 2.00. The van der Waals surface area contributed by atoms with Crippen molar-refractivity contribution in [2.24, 2.45) is 0 Å². The molecule has 1 aromatic carbocycles. The van der Waals surface area contributed by atoms with Gasteiger partial charge in [0.2, 0.25) is 0 Å². The summed E-state index contributed by atoms with van der Waals surface area (Å²) in [6.45, 7) is 1.80. The first kappa shape index (κ1) is 9.38. The van der Waals surface area contributed by atoms with Gasteiger partial charge in [-0.2, -0.15) is 0 Å². The van der Waals surface area contributed by atoms with Crippen molar-refractivity contribution in [2.45, 2.75) is 6.92 Å². The van der Waals surface area contributed by atoms with E-state index in [1.54, 1.807) is 18.2 Å². The van der Waals surface area contributed by atoms with Crippen LogP contribution in [0.25, 0.3) is 0 Å². The second-order valence-electron chi connectivity index (χ2n) is 2.82. The third-order valence-electron chi connectivity index (χ3n) is 1.68. The Bertz CT molecular complexity index is 323. The Morgan fingerprint density at radius 1 is 1.62 bits per heavy atom. The molecule has 4 nitrogen and oxygen atoms in total. The molecule has 0 radical (unpaired) electrons. The minimum Gasteiger partial charge on any atom is -0.480 e. The van der Waals surface area contributed by atoms with Crippen LogP contribution in [0.3, 0.4) is 0 Å². The van der Waals surface area contributed by atoms with Crippen LogP contribution in [-0.4, -0.2) is 17.6 Å². The van der Waals surface area contributed by atoms with Crippen LogP contribution in [0.15, 0.2) is 18.2 Å². The lowest BCUT2D eigenvalue weighted by Crippen LogP contribution is -2.12. The molecule has 0 amide bonds. The number of hydrogen-bond donors (Lipinski definition) is 3. The molecule has 0 saturated carbocycles.